The maximum Gasteiger partial charge on any atom is 0.220 e. The molecule has 5 nitrogen and oxygen atoms in total. The Morgan fingerprint density at radius 1 is 1.30 bits per heavy atom. The van der Waals surface area contributed by atoms with Gasteiger partial charge >= 0.3 is 0 Å². The van der Waals surface area contributed by atoms with Crippen LogP contribution in [0.3, 0.4) is 0 Å². The highest BCUT2D eigenvalue weighted by Crippen LogP contribution is 2.17. The molecule has 1 fully saturated rings. The van der Waals surface area contributed by atoms with Gasteiger partial charge in [-0.05, 0) is 19.8 Å². The third kappa shape index (κ3) is 4.62. The molecular weight excluding hydrogens is 252 g/mol. The average Bonchev–Trinajstić information content (AvgIpc) is 2.87. The zero-order valence-electron chi connectivity index (χ0n) is 12.5. The van der Waals surface area contributed by atoms with Gasteiger partial charge in [0, 0.05) is 25.4 Å². The summed E-state index contributed by atoms with van der Waals surface area (Å²) in [5.41, 5.74) is 0. The minimum absolute atomic E-state index is 0.154. The first kappa shape index (κ1) is 15.0. The molecule has 0 bridgehead atoms. The van der Waals surface area contributed by atoms with E-state index in [9.17, 15) is 4.79 Å². The van der Waals surface area contributed by atoms with E-state index in [0.717, 1.165) is 25.2 Å². The Morgan fingerprint density at radius 3 is 2.70 bits per heavy atom. The van der Waals surface area contributed by atoms with Gasteiger partial charge in [-0.2, -0.15) is 5.10 Å². The number of aryl methyl sites for hydroxylation is 2. The molecule has 1 heterocycles. The molecule has 112 valence electrons. The van der Waals surface area contributed by atoms with Gasteiger partial charge in [-0.3, -0.25) is 9.48 Å². The monoisotopic (exact) mass is 278 g/mol. The minimum atomic E-state index is 0.154. The third-order valence-electron chi connectivity index (χ3n) is 4.04. The Kier molecular flexibility index (Phi) is 6.02. The van der Waals surface area contributed by atoms with Crippen molar-refractivity contribution < 1.29 is 4.79 Å². The molecule has 1 aliphatic rings. The van der Waals surface area contributed by atoms with E-state index in [1.54, 1.807) is 6.33 Å². The topological polar surface area (TPSA) is 59.8 Å². The van der Waals surface area contributed by atoms with E-state index in [-0.39, 0.29) is 5.91 Å². The zero-order chi connectivity index (χ0) is 14.2. The maximum absolute atomic E-state index is 12.0. The largest absolute Gasteiger partial charge is 0.353 e. The molecule has 1 aliphatic carbocycles. The van der Waals surface area contributed by atoms with E-state index in [2.05, 4.69) is 15.4 Å². The highest BCUT2D eigenvalue weighted by atomic mass is 16.1. The van der Waals surface area contributed by atoms with Gasteiger partial charge in [0.2, 0.25) is 5.91 Å². The van der Waals surface area contributed by atoms with Crippen LogP contribution in [0.25, 0.3) is 0 Å². The van der Waals surface area contributed by atoms with Gasteiger partial charge in [-0.1, -0.05) is 32.1 Å². The lowest BCUT2D eigenvalue weighted by atomic mass is 9.96. The van der Waals surface area contributed by atoms with Crippen LogP contribution in [0.2, 0.25) is 0 Å². The Hall–Kier alpha value is -1.39. The molecular formula is C15H26N4O. The number of carbonyl (C=O) groups excluding carboxylic acids is 1. The van der Waals surface area contributed by atoms with Gasteiger partial charge < -0.3 is 5.32 Å². The quantitative estimate of drug-likeness (QED) is 0.900. The number of nitrogens with one attached hydrogen (secondary N) is 1. The number of hydrogen-bond donors (Lipinski definition) is 1. The molecule has 0 aliphatic heterocycles. The van der Waals surface area contributed by atoms with Crippen LogP contribution in [-0.2, 0) is 17.8 Å². The highest BCUT2D eigenvalue weighted by Gasteiger charge is 2.14. The van der Waals surface area contributed by atoms with Crippen LogP contribution in [0.5, 0.6) is 0 Å². The minimum Gasteiger partial charge on any atom is -0.353 e. The molecule has 0 spiro atoms. The van der Waals surface area contributed by atoms with E-state index in [4.69, 9.17) is 0 Å². The Morgan fingerprint density at radius 2 is 2.00 bits per heavy atom. The normalized spacial score (nSPS) is 17.4. The molecule has 20 heavy (non-hydrogen) atoms. The van der Waals surface area contributed by atoms with Crippen molar-refractivity contribution in [1.29, 1.82) is 0 Å². The van der Waals surface area contributed by atoms with Gasteiger partial charge in [0.25, 0.3) is 0 Å². The molecule has 0 radical (unpaired) electrons. The Balaban J connectivity index is 1.74. The average molecular weight is 278 g/mol. The Labute approximate surface area is 121 Å². The van der Waals surface area contributed by atoms with Gasteiger partial charge in [0.05, 0.1) is 0 Å². The van der Waals surface area contributed by atoms with Crippen LogP contribution in [0.15, 0.2) is 6.33 Å². The number of hydrogen-bond acceptors (Lipinski definition) is 3. The van der Waals surface area contributed by atoms with Gasteiger partial charge in [0.15, 0.2) is 0 Å². The van der Waals surface area contributed by atoms with Gasteiger partial charge in [-0.15, -0.1) is 0 Å². The molecule has 1 aromatic heterocycles. The molecule has 1 saturated carbocycles. The standard InChI is InChI=1S/C15H26N4O/c1-2-19-14(16-12-17-19)10-11-15(20)18-13-8-6-4-3-5-7-9-13/h12-13H,2-11H2,1H3,(H,18,20). The first-order chi connectivity index (χ1) is 9.79. The highest BCUT2D eigenvalue weighted by molar-refractivity contribution is 5.76. The fourth-order valence-electron chi connectivity index (χ4n) is 2.87. The molecule has 0 aromatic carbocycles. The molecule has 1 amide bonds. The lowest BCUT2D eigenvalue weighted by Crippen LogP contribution is -2.35. The summed E-state index contributed by atoms with van der Waals surface area (Å²) in [7, 11) is 0. The molecule has 1 aromatic rings. The van der Waals surface area contributed by atoms with Crippen LogP contribution in [-0.4, -0.2) is 26.7 Å². The van der Waals surface area contributed by atoms with Crippen molar-refractivity contribution in [3.8, 4) is 0 Å². The van der Waals surface area contributed by atoms with Crippen molar-refractivity contribution in [2.75, 3.05) is 0 Å². The maximum atomic E-state index is 12.0. The van der Waals surface area contributed by atoms with Gasteiger partial charge in [0.1, 0.15) is 12.2 Å². The van der Waals surface area contributed by atoms with Crippen molar-refractivity contribution in [2.45, 2.75) is 77.3 Å². The van der Waals surface area contributed by atoms with E-state index >= 15 is 0 Å². The zero-order valence-corrected chi connectivity index (χ0v) is 12.5. The molecule has 0 atom stereocenters. The number of nitrogens with zero attached hydrogens (tertiary/aromatic N) is 3. The molecule has 1 N–H and O–H groups in total. The lowest BCUT2D eigenvalue weighted by Gasteiger charge is -2.21. The predicted molar refractivity (Wildman–Crippen MR) is 78.3 cm³/mol. The first-order valence-corrected chi connectivity index (χ1v) is 7.95. The summed E-state index contributed by atoms with van der Waals surface area (Å²) in [6.45, 7) is 2.84. The second-order valence-corrected chi connectivity index (χ2v) is 5.60. The van der Waals surface area contributed by atoms with Crippen molar-refractivity contribution in [3.63, 3.8) is 0 Å². The molecule has 2 rings (SSSR count). The summed E-state index contributed by atoms with van der Waals surface area (Å²) in [5.74, 6) is 1.06. The summed E-state index contributed by atoms with van der Waals surface area (Å²) < 4.78 is 1.85. The van der Waals surface area contributed by atoms with E-state index in [1.165, 1.54) is 32.1 Å². The van der Waals surface area contributed by atoms with Crippen LogP contribution < -0.4 is 5.32 Å². The van der Waals surface area contributed by atoms with Crippen molar-refractivity contribution in [2.24, 2.45) is 0 Å². The van der Waals surface area contributed by atoms with Crippen LogP contribution >= 0.6 is 0 Å². The van der Waals surface area contributed by atoms with Gasteiger partial charge in [-0.25, -0.2) is 4.98 Å². The van der Waals surface area contributed by atoms with E-state index in [0.29, 0.717) is 18.9 Å². The summed E-state index contributed by atoms with van der Waals surface area (Å²) >= 11 is 0. The molecule has 5 heteroatoms. The third-order valence-corrected chi connectivity index (χ3v) is 4.04. The van der Waals surface area contributed by atoms with Crippen molar-refractivity contribution in [1.82, 2.24) is 20.1 Å². The van der Waals surface area contributed by atoms with Crippen LogP contribution in [0.4, 0.5) is 0 Å². The second-order valence-electron chi connectivity index (χ2n) is 5.60. The first-order valence-electron chi connectivity index (χ1n) is 7.95. The van der Waals surface area contributed by atoms with Crippen molar-refractivity contribution in [3.05, 3.63) is 12.2 Å². The smallest absolute Gasteiger partial charge is 0.220 e. The van der Waals surface area contributed by atoms with Crippen molar-refractivity contribution >= 4 is 5.91 Å². The summed E-state index contributed by atoms with van der Waals surface area (Å²) in [4.78, 5) is 16.2. The lowest BCUT2D eigenvalue weighted by molar-refractivity contribution is -0.121. The van der Waals surface area contributed by atoms with Crippen LogP contribution in [0, 0.1) is 0 Å². The molecule has 0 unspecified atom stereocenters. The summed E-state index contributed by atoms with van der Waals surface area (Å²) in [6, 6.07) is 0.381. The Bertz CT molecular complexity index is 408. The summed E-state index contributed by atoms with van der Waals surface area (Å²) in [6.07, 6.45) is 11.5. The molecule has 0 saturated heterocycles. The van der Waals surface area contributed by atoms with E-state index < -0.39 is 0 Å². The number of amides is 1. The number of carbonyl (C=O) groups is 1. The SMILES string of the molecule is CCn1ncnc1CCC(=O)NC1CCCCCCC1. The second kappa shape index (κ2) is 8.02. The number of rotatable bonds is 5. The number of aromatic nitrogens is 3. The van der Waals surface area contributed by atoms with Crippen LogP contribution in [0.1, 0.15) is 64.1 Å². The predicted octanol–water partition coefficient (Wildman–Crippen LogP) is 2.46. The fraction of sp³-hybridized carbons (Fsp3) is 0.800. The van der Waals surface area contributed by atoms with E-state index in [1.807, 2.05) is 11.6 Å². The fourth-order valence-corrected chi connectivity index (χ4v) is 2.87. The summed E-state index contributed by atoms with van der Waals surface area (Å²) in [5, 5.41) is 7.32.